The van der Waals surface area contributed by atoms with Crippen molar-refractivity contribution in [2.45, 2.75) is 26.7 Å². The Kier molecular flexibility index (Phi) is 7.44. The summed E-state index contributed by atoms with van der Waals surface area (Å²) in [6.45, 7) is 4.36. The van der Waals surface area contributed by atoms with E-state index < -0.39 is 0 Å². The Labute approximate surface area is 61.5 Å². The van der Waals surface area contributed by atoms with Crippen LogP contribution in [0.2, 0.25) is 0 Å². The fourth-order valence-corrected chi connectivity index (χ4v) is 0.680. The Hall–Kier alpha value is -0.300. The normalized spacial score (nSPS) is 7.78. The summed E-state index contributed by atoms with van der Waals surface area (Å²) >= 11 is 1.71. The van der Waals surface area contributed by atoms with Gasteiger partial charge in [0.25, 0.3) is 0 Å². The second-order valence-corrected chi connectivity index (χ2v) is 2.61. The maximum atomic E-state index is 2.18. The fraction of sp³-hybridized carbons (Fsp3) is 0.500. The van der Waals surface area contributed by atoms with Gasteiger partial charge in [-0.3, -0.25) is 0 Å². The molecule has 0 saturated carbocycles. The lowest BCUT2D eigenvalue weighted by Gasteiger charge is -1.68. The molecular weight excluding hydrogens is 128 g/mol. The van der Waals surface area contributed by atoms with Crippen LogP contribution in [0.1, 0.15) is 26.7 Å². The van der Waals surface area contributed by atoms with Gasteiger partial charge >= 0.3 is 0 Å². The van der Waals surface area contributed by atoms with E-state index in [1.54, 1.807) is 11.3 Å². The van der Waals surface area contributed by atoms with E-state index in [4.69, 9.17) is 0 Å². The van der Waals surface area contributed by atoms with E-state index in [1.807, 2.05) is 22.9 Å². The lowest BCUT2D eigenvalue weighted by Crippen LogP contribution is -1.47. The van der Waals surface area contributed by atoms with Crippen LogP contribution in [-0.4, -0.2) is 0 Å². The van der Waals surface area contributed by atoms with Crippen LogP contribution in [0, 0.1) is 0 Å². The van der Waals surface area contributed by atoms with Gasteiger partial charge in [0.1, 0.15) is 0 Å². The van der Waals surface area contributed by atoms with Crippen molar-refractivity contribution >= 4 is 11.3 Å². The molecule has 0 fully saturated rings. The molecule has 0 aromatic carbocycles. The molecule has 52 valence electrons. The average Bonchev–Trinajstić information content (AvgIpc) is 2.43. The zero-order valence-electron chi connectivity index (χ0n) is 6.13. The molecule has 9 heavy (non-hydrogen) atoms. The number of hydrogen-bond acceptors (Lipinski definition) is 1. The minimum atomic E-state index is 1.32. The summed E-state index contributed by atoms with van der Waals surface area (Å²) in [5.74, 6) is 0. The van der Waals surface area contributed by atoms with Gasteiger partial charge in [-0.05, 0) is 10.8 Å². The van der Waals surface area contributed by atoms with Gasteiger partial charge in [-0.2, -0.15) is 11.3 Å². The highest BCUT2D eigenvalue weighted by Gasteiger charge is 1.58. The number of hydrogen-bond donors (Lipinski definition) is 0. The average molecular weight is 142 g/mol. The molecule has 0 unspecified atom stereocenters. The smallest absolute Gasteiger partial charge is 0.00934 e. The highest BCUT2D eigenvalue weighted by Crippen LogP contribution is 1.91. The molecule has 1 aromatic heterocycles. The molecule has 0 nitrogen and oxygen atoms in total. The van der Waals surface area contributed by atoms with Crippen molar-refractivity contribution in [2.24, 2.45) is 0 Å². The van der Waals surface area contributed by atoms with Crippen molar-refractivity contribution < 1.29 is 0 Å². The Morgan fingerprint density at radius 1 is 1.00 bits per heavy atom. The standard InChI is InChI=1S/C4H4S.C4H10/c1-2-4-5-3-1;1-3-4-2/h1-4H;3-4H2,1-2H3. The molecule has 1 rings (SSSR count). The molecule has 0 N–H and O–H groups in total. The Morgan fingerprint density at radius 2 is 1.44 bits per heavy atom. The van der Waals surface area contributed by atoms with E-state index in [9.17, 15) is 0 Å². The molecule has 1 aromatic rings. The van der Waals surface area contributed by atoms with Gasteiger partial charge in [-0.1, -0.05) is 38.8 Å². The van der Waals surface area contributed by atoms with Gasteiger partial charge in [-0.15, -0.1) is 0 Å². The Morgan fingerprint density at radius 3 is 1.56 bits per heavy atom. The maximum absolute atomic E-state index is 2.18. The summed E-state index contributed by atoms with van der Waals surface area (Å²) in [7, 11) is 0. The van der Waals surface area contributed by atoms with Gasteiger partial charge in [0, 0.05) is 0 Å². The van der Waals surface area contributed by atoms with Gasteiger partial charge in [0.2, 0.25) is 0 Å². The van der Waals surface area contributed by atoms with Crippen molar-refractivity contribution in [3.8, 4) is 0 Å². The topological polar surface area (TPSA) is 0 Å². The number of thiophene rings is 1. The van der Waals surface area contributed by atoms with Gasteiger partial charge < -0.3 is 0 Å². The predicted octanol–water partition coefficient (Wildman–Crippen LogP) is 3.55. The van der Waals surface area contributed by atoms with E-state index in [0.717, 1.165) is 0 Å². The van der Waals surface area contributed by atoms with Crippen LogP contribution in [-0.2, 0) is 0 Å². The predicted molar refractivity (Wildman–Crippen MR) is 44.9 cm³/mol. The monoisotopic (exact) mass is 142 g/mol. The summed E-state index contributed by atoms with van der Waals surface area (Å²) < 4.78 is 0. The first-order chi connectivity index (χ1) is 4.41. The fourth-order valence-electron chi connectivity index (χ4n) is 0.227. The second-order valence-electron chi connectivity index (χ2n) is 1.79. The molecule has 0 aliphatic rings. The largest absolute Gasteiger partial charge is 0.152 e. The molecule has 1 heterocycles. The van der Waals surface area contributed by atoms with Crippen LogP contribution in [0.25, 0.3) is 0 Å². The van der Waals surface area contributed by atoms with Crippen LogP contribution in [0.15, 0.2) is 22.9 Å². The van der Waals surface area contributed by atoms with E-state index in [2.05, 4.69) is 13.8 Å². The van der Waals surface area contributed by atoms with Gasteiger partial charge in [0.15, 0.2) is 0 Å². The van der Waals surface area contributed by atoms with Crippen molar-refractivity contribution in [1.29, 1.82) is 0 Å². The van der Waals surface area contributed by atoms with Crippen LogP contribution in [0.3, 0.4) is 0 Å². The minimum absolute atomic E-state index is 1.32. The summed E-state index contributed by atoms with van der Waals surface area (Å²) in [5, 5.41) is 4.08. The van der Waals surface area contributed by atoms with E-state index in [0.29, 0.717) is 0 Å². The van der Waals surface area contributed by atoms with Crippen molar-refractivity contribution in [3.63, 3.8) is 0 Å². The van der Waals surface area contributed by atoms with Crippen LogP contribution >= 0.6 is 11.3 Å². The van der Waals surface area contributed by atoms with Crippen molar-refractivity contribution in [2.75, 3.05) is 0 Å². The molecule has 0 atom stereocenters. The third kappa shape index (κ3) is 7.70. The molecule has 0 bridgehead atoms. The molecule has 0 saturated heterocycles. The van der Waals surface area contributed by atoms with Crippen molar-refractivity contribution in [1.82, 2.24) is 0 Å². The first-order valence-electron chi connectivity index (χ1n) is 3.39. The molecule has 0 aliphatic carbocycles. The van der Waals surface area contributed by atoms with Crippen molar-refractivity contribution in [3.05, 3.63) is 22.9 Å². The molecule has 0 radical (unpaired) electrons. The zero-order valence-corrected chi connectivity index (χ0v) is 6.95. The Balaban J connectivity index is 0.000000148. The Bertz CT molecular complexity index is 80.1. The SMILES string of the molecule is CCCC.c1ccsc1. The maximum Gasteiger partial charge on any atom is -0.00934 e. The minimum Gasteiger partial charge on any atom is -0.152 e. The lowest BCUT2D eigenvalue weighted by atomic mass is 10.4. The van der Waals surface area contributed by atoms with Crippen LogP contribution < -0.4 is 0 Å². The summed E-state index contributed by atoms with van der Waals surface area (Å²) in [6.07, 6.45) is 2.64. The summed E-state index contributed by atoms with van der Waals surface area (Å²) in [4.78, 5) is 0. The summed E-state index contributed by atoms with van der Waals surface area (Å²) in [6, 6.07) is 4.04. The first-order valence-corrected chi connectivity index (χ1v) is 4.33. The van der Waals surface area contributed by atoms with E-state index in [-0.39, 0.29) is 0 Å². The molecule has 0 amide bonds. The second kappa shape index (κ2) is 7.70. The number of rotatable bonds is 1. The third-order valence-electron chi connectivity index (χ3n) is 0.925. The van der Waals surface area contributed by atoms with Gasteiger partial charge in [0.05, 0.1) is 0 Å². The van der Waals surface area contributed by atoms with E-state index in [1.165, 1.54) is 12.8 Å². The third-order valence-corrected chi connectivity index (χ3v) is 1.55. The molecule has 1 heteroatoms. The van der Waals surface area contributed by atoms with E-state index >= 15 is 0 Å². The molecular formula is C8H14S. The number of unbranched alkanes of at least 4 members (excludes halogenated alkanes) is 1. The molecule has 0 spiro atoms. The first kappa shape index (κ1) is 8.70. The highest BCUT2D eigenvalue weighted by atomic mass is 32.1. The van der Waals surface area contributed by atoms with Crippen LogP contribution in [0.5, 0.6) is 0 Å². The van der Waals surface area contributed by atoms with Crippen LogP contribution in [0.4, 0.5) is 0 Å². The quantitative estimate of drug-likeness (QED) is 0.562. The lowest BCUT2D eigenvalue weighted by molar-refractivity contribution is 0.886. The van der Waals surface area contributed by atoms with Gasteiger partial charge in [-0.25, -0.2) is 0 Å². The summed E-state index contributed by atoms with van der Waals surface area (Å²) in [5.41, 5.74) is 0. The highest BCUT2D eigenvalue weighted by molar-refractivity contribution is 7.07. The molecule has 0 aliphatic heterocycles. The zero-order chi connectivity index (χ0) is 6.95.